The summed E-state index contributed by atoms with van der Waals surface area (Å²) < 4.78 is 16.5. The molecule has 9 nitrogen and oxygen atoms in total. The lowest BCUT2D eigenvalue weighted by Crippen LogP contribution is -2.36. The van der Waals surface area contributed by atoms with Crippen molar-refractivity contribution in [2.45, 2.75) is 51.6 Å². The van der Waals surface area contributed by atoms with Crippen LogP contribution < -0.4 is 10.1 Å². The molecule has 4 rings (SSSR count). The Bertz CT molecular complexity index is 1310. The molecule has 0 aromatic heterocycles. The Morgan fingerprint density at radius 1 is 1.13 bits per heavy atom. The number of nitro groups is 1. The van der Waals surface area contributed by atoms with Crippen LogP contribution in [0.5, 0.6) is 5.75 Å². The van der Waals surface area contributed by atoms with Gasteiger partial charge in [0.25, 0.3) is 5.69 Å². The largest absolute Gasteiger partial charge is 0.496 e. The first kappa shape index (κ1) is 27.1. The molecule has 200 valence electrons. The summed E-state index contributed by atoms with van der Waals surface area (Å²) in [6.07, 6.45) is 0.734. The molecule has 38 heavy (non-hydrogen) atoms. The minimum Gasteiger partial charge on any atom is -0.496 e. The van der Waals surface area contributed by atoms with Gasteiger partial charge in [-0.1, -0.05) is 30.3 Å². The molecular formula is C29H32N2O7. The van der Waals surface area contributed by atoms with E-state index in [4.69, 9.17) is 14.2 Å². The van der Waals surface area contributed by atoms with E-state index in [1.807, 2.05) is 38.1 Å². The Labute approximate surface area is 221 Å². The first-order valence-corrected chi connectivity index (χ1v) is 12.6. The Morgan fingerprint density at radius 3 is 2.61 bits per heavy atom. The molecule has 2 aromatic carbocycles. The van der Waals surface area contributed by atoms with Gasteiger partial charge in [-0.05, 0) is 44.4 Å². The molecule has 0 spiro atoms. The molecule has 2 atom stereocenters. The number of ether oxygens (including phenoxy) is 3. The number of nitro benzene ring substituents is 1. The number of allylic oxidation sites excluding steroid dienone is 3. The third kappa shape index (κ3) is 5.62. The van der Waals surface area contributed by atoms with Crippen LogP contribution in [-0.2, 0) is 19.1 Å². The van der Waals surface area contributed by atoms with E-state index < -0.39 is 16.8 Å². The summed E-state index contributed by atoms with van der Waals surface area (Å²) in [5, 5.41) is 14.8. The zero-order chi connectivity index (χ0) is 27.4. The van der Waals surface area contributed by atoms with E-state index in [-0.39, 0.29) is 48.7 Å². The lowest BCUT2D eigenvalue weighted by atomic mass is 9.71. The molecule has 1 aliphatic heterocycles. The molecule has 1 aliphatic carbocycles. The van der Waals surface area contributed by atoms with E-state index in [9.17, 15) is 19.7 Å². The maximum atomic E-state index is 13.8. The molecule has 2 aliphatic rings. The predicted molar refractivity (Wildman–Crippen MR) is 141 cm³/mol. The normalized spacial score (nSPS) is 19.2. The second kappa shape index (κ2) is 11.6. The van der Waals surface area contributed by atoms with Crippen molar-refractivity contribution in [3.05, 3.63) is 92.3 Å². The van der Waals surface area contributed by atoms with Crippen molar-refractivity contribution in [2.24, 2.45) is 0 Å². The lowest BCUT2D eigenvalue weighted by Gasteiger charge is -2.37. The van der Waals surface area contributed by atoms with Gasteiger partial charge >= 0.3 is 5.97 Å². The number of non-ortho nitro benzene ring substituents is 1. The van der Waals surface area contributed by atoms with Gasteiger partial charge < -0.3 is 19.5 Å². The number of hydrogen-bond donors (Lipinski definition) is 1. The molecule has 0 fully saturated rings. The summed E-state index contributed by atoms with van der Waals surface area (Å²) in [4.78, 5) is 38.2. The number of Topliss-reactive ketones (excluding diaryl/α,β-unsaturated/α-hetero) is 1. The highest BCUT2D eigenvalue weighted by atomic mass is 16.6. The van der Waals surface area contributed by atoms with Gasteiger partial charge in [0.15, 0.2) is 5.78 Å². The second-order valence-electron chi connectivity index (χ2n) is 9.67. The van der Waals surface area contributed by atoms with Crippen molar-refractivity contribution < 1.29 is 28.7 Å². The second-order valence-corrected chi connectivity index (χ2v) is 9.67. The maximum absolute atomic E-state index is 13.8. The summed E-state index contributed by atoms with van der Waals surface area (Å²) in [6.45, 7) is 5.81. The number of nitrogens with one attached hydrogen (secondary N) is 1. The van der Waals surface area contributed by atoms with Gasteiger partial charge in [-0.25, -0.2) is 4.79 Å². The van der Waals surface area contributed by atoms with E-state index in [0.29, 0.717) is 34.7 Å². The number of methoxy groups -OCH3 is 1. The molecule has 1 N–H and O–H groups in total. The number of dihydropyridines is 1. The van der Waals surface area contributed by atoms with Gasteiger partial charge in [-0.2, -0.15) is 0 Å². The highest BCUT2D eigenvalue weighted by Gasteiger charge is 2.42. The van der Waals surface area contributed by atoms with E-state index in [2.05, 4.69) is 5.32 Å². The van der Waals surface area contributed by atoms with Crippen LogP contribution in [0.15, 0.2) is 71.1 Å². The van der Waals surface area contributed by atoms with Crippen molar-refractivity contribution in [3.8, 4) is 5.75 Å². The van der Waals surface area contributed by atoms with Gasteiger partial charge in [0.1, 0.15) is 12.4 Å². The number of ketones is 1. The highest BCUT2D eigenvalue weighted by molar-refractivity contribution is 6.04. The monoisotopic (exact) mass is 520 g/mol. The number of para-hydroxylation sites is 1. The van der Waals surface area contributed by atoms with Crippen molar-refractivity contribution in [1.82, 2.24) is 5.32 Å². The van der Waals surface area contributed by atoms with E-state index in [1.54, 1.807) is 26.2 Å². The van der Waals surface area contributed by atoms with Gasteiger partial charge in [-0.3, -0.25) is 14.9 Å². The van der Waals surface area contributed by atoms with Crippen LogP contribution in [0, 0.1) is 10.1 Å². The van der Waals surface area contributed by atoms with Crippen LogP contribution in [0.2, 0.25) is 0 Å². The fraction of sp³-hybridized carbons (Fsp3) is 0.379. The smallest absolute Gasteiger partial charge is 0.336 e. The lowest BCUT2D eigenvalue weighted by molar-refractivity contribution is -0.384. The third-order valence-electron chi connectivity index (χ3n) is 6.81. The molecule has 0 bridgehead atoms. The predicted octanol–water partition coefficient (Wildman–Crippen LogP) is 4.93. The molecular weight excluding hydrogens is 488 g/mol. The minimum absolute atomic E-state index is 0.00706. The quantitative estimate of drug-likeness (QED) is 0.214. The number of benzene rings is 2. The van der Waals surface area contributed by atoms with E-state index in [0.717, 1.165) is 5.56 Å². The van der Waals surface area contributed by atoms with Crippen molar-refractivity contribution in [1.29, 1.82) is 0 Å². The number of nitrogens with zero attached hydrogens (tertiary/aromatic N) is 1. The average Bonchev–Trinajstić information content (AvgIpc) is 2.89. The van der Waals surface area contributed by atoms with Gasteiger partial charge in [-0.15, -0.1) is 0 Å². The molecule has 0 amide bonds. The molecule has 0 saturated carbocycles. The molecule has 9 heteroatoms. The number of rotatable bonds is 9. The summed E-state index contributed by atoms with van der Waals surface area (Å²) in [5.74, 6) is -0.932. The molecule has 0 unspecified atom stereocenters. The number of esters is 1. The van der Waals surface area contributed by atoms with E-state index >= 15 is 0 Å². The topological polar surface area (TPSA) is 117 Å². The maximum Gasteiger partial charge on any atom is 0.336 e. The molecule has 2 aromatic rings. The van der Waals surface area contributed by atoms with Crippen molar-refractivity contribution >= 4 is 17.4 Å². The minimum atomic E-state index is -0.796. The third-order valence-corrected chi connectivity index (χ3v) is 6.81. The van der Waals surface area contributed by atoms with Gasteiger partial charge in [0.2, 0.25) is 0 Å². The highest BCUT2D eigenvalue weighted by Crippen LogP contribution is 2.47. The van der Waals surface area contributed by atoms with Crippen LogP contribution in [0.3, 0.4) is 0 Å². The summed E-state index contributed by atoms with van der Waals surface area (Å²) in [6, 6.07) is 13.7. The van der Waals surface area contributed by atoms with Crippen LogP contribution in [0.25, 0.3) is 0 Å². The standard InChI is InChI=1S/C29H32N2O7/c1-17(2)37-12-13-38-29(33)26-18(3)30-23-15-20(22-10-5-6-11-25(22)36-4)16-24(32)28(23)27(26)19-8-7-9-21(14-19)31(34)35/h5-11,14,17,20,27,30H,12-13,15-16H2,1-4H3/t20-,27+/m1/s1. The Balaban J connectivity index is 1.74. The Morgan fingerprint density at radius 2 is 1.89 bits per heavy atom. The SMILES string of the molecule is COc1ccccc1[C@H]1CC(=O)C2=C(C1)NC(C)=C(C(=O)OCCOC(C)C)[C@@H]2c1cccc([N+](=O)[O-])c1. The summed E-state index contributed by atoms with van der Waals surface area (Å²) in [7, 11) is 1.60. The van der Waals surface area contributed by atoms with Gasteiger partial charge in [0, 0.05) is 47.4 Å². The first-order chi connectivity index (χ1) is 18.2. The summed E-state index contributed by atoms with van der Waals surface area (Å²) in [5.41, 5.74) is 3.25. The van der Waals surface area contributed by atoms with Crippen molar-refractivity contribution in [2.75, 3.05) is 20.3 Å². The van der Waals surface area contributed by atoms with Crippen LogP contribution in [-0.4, -0.2) is 43.1 Å². The summed E-state index contributed by atoms with van der Waals surface area (Å²) >= 11 is 0. The zero-order valence-corrected chi connectivity index (χ0v) is 22.0. The van der Waals surface area contributed by atoms with Crippen LogP contribution in [0.4, 0.5) is 5.69 Å². The molecule has 0 saturated heterocycles. The van der Waals surface area contributed by atoms with Crippen molar-refractivity contribution in [3.63, 3.8) is 0 Å². The van der Waals surface area contributed by atoms with Crippen LogP contribution >= 0.6 is 0 Å². The molecule has 1 heterocycles. The average molecular weight is 521 g/mol. The number of hydrogen-bond acceptors (Lipinski definition) is 8. The molecule has 0 radical (unpaired) electrons. The van der Waals surface area contributed by atoms with Crippen LogP contribution in [0.1, 0.15) is 56.6 Å². The number of carbonyl (C=O) groups excluding carboxylic acids is 2. The Hall–Kier alpha value is -3.98. The zero-order valence-electron chi connectivity index (χ0n) is 22.0. The Kier molecular flexibility index (Phi) is 8.26. The fourth-order valence-electron chi connectivity index (χ4n) is 5.18. The first-order valence-electron chi connectivity index (χ1n) is 12.6. The fourth-order valence-corrected chi connectivity index (χ4v) is 5.18. The van der Waals surface area contributed by atoms with E-state index in [1.165, 1.54) is 12.1 Å². The van der Waals surface area contributed by atoms with Gasteiger partial charge in [0.05, 0.1) is 30.3 Å². The number of carbonyl (C=O) groups is 2.